The number of carbonyl (C=O) groups is 1. The summed E-state index contributed by atoms with van der Waals surface area (Å²) in [4.78, 5) is 10.1. The van der Waals surface area contributed by atoms with Crippen LogP contribution >= 0.6 is 0 Å². The molecule has 0 aliphatic heterocycles. The average Bonchev–Trinajstić information content (AvgIpc) is 2.03. The highest BCUT2D eigenvalue weighted by atomic mass is 32.2. The molecule has 0 saturated carbocycles. The maximum Gasteiger partial charge on any atom is 0.320 e. The summed E-state index contributed by atoms with van der Waals surface area (Å²) in [6, 6.07) is -0.716. The Labute approximate surface area is 84.6 Å². The van der Waals surface area contributed by atoms with Crippen LogP contribution in [0, 0.1) is 0 Å². The summed E-state index contributed by atoms with van der Waals surface area (Å²) in [6.45, 7) is 0.604. The van der Waals surface area contributed by atoms with Gasteiger partial charge in [-0.15, -0.1) is 0 Å². The van der Waals surface area contributed by atoms with Gasteiger partial charge in [-0.3, -0.25) is 13.9 Å². The number of aliphatic carboxylic acids is 1. The Morgan fingerprint density at radius 2 is 1.79 bits per heavy atom. The van der Waals surface area contributed by atoms with Crippen LogP contribution in [0.3, 0.4) is 0 Å². The Kier molecular flexibility index (Phi) is 12.0. The number of rotatable bonds is 5. The quantitative estimate of drug-likeness (QED) is 0.306. The first-order valence-corrected chi connectivity index (χ1v) is 4.96. The number of unbranched alkanes of at least 4 members (excludes halogenated alkanes) is 1. The third-order valence-corrected chi connectivity index (χ3v) is 1.29. The van der Waals surface area contributed by atoms with Crippen LogP contribution in [0.2, 0.25) is 0 Å². The van der Waals surface area contributed by atoms with Gasteiger partial charge in [0.1, 0.15) is 6.04 Å². The molecule has 1 unspecified atom stereocenters. The third-order valence-electron chi connectivity index (χ3n) is 1.29. The molecule has 0 aliphatic rings. The number of hydrogen-bond acceptors (Lipinski definition) is 4. The maximum absolute atomic E-state index is 10.1. The van der Waals surface area contributed by atoms with Crippen molar-refractivity contribution in [2.45, 2.75) is 25.3 Å². The number of carboxylic acid groups (broad SMARTS) is 1. The Bertz CT molecular complexity index is 174. The summed E-state index contributed by atoms with van der Waals surface area (Å²) >= 11 is -2.61. The standard InChI is InChI=1S/C6H14N2O2.H2O3S/c7-4-2-1-3-5(8)6(9)10;1-4(2)3/h5H,1-4,7-8H2,(H,9,10);(H2,1,2,3). The van der Waals surface area contributed by atoms with Crippen molar-refractivity contribution in [3.63, 3.8) is 0 Å². The molecule has 1 atom stereocenters. The van der Waals surface area contributed by atoms with Crippen molar-refractivity contribution < 1.29 is 23.2 Å². The van der Waals surface area contributed by atoms with E-state index >= 15 is 0 Å². The van der Waals surface area contributed by atoms with Crippen LogP contribution in [0.5, 0.6) is 0 Å². The van der Waals surface area contributed by atoms with E-state index in [1.165, 1.54) is 0 Å². The molecule has 7 N–H and O–H groups in total. The fraction of sp³-hybridized carbons (Fsp3) is 0.833. The first kappa shape index (κ1) is 15.9. The van der Waals surface area contributed by atoms with Crippen LogP contribution in [-0.4, -0.2) is 37.0 Å². The van der Waals surface area contributed by atoms with Crippen molar-refractivity contribution in [2.24, 2.45) is 11.5 Å². The minimum atomic E-state index is -2.61. The molecule has 0 heterocycles. The first-order valence-electron chi connectivity index (χ1n) is 3.90. The molecule has 0 rings (SSSR count). The van der Waals surface area contributed by atoms with Crippen LogP contribution in [-0.2, 0) is 16.2 Å². The molecule has 0 saturated heterocycles. The lowest BCUT2D eigenvalue weighted by atomic mass is 10.1. The van der Waals surface area contributed by atoms with E-state index in [0.29, 0.717) is 13.0 Å². The summed E-state index contributed by atoms with van der Waals surface area (Å²) in [6.07, 6.45) is 2.16. The Morgan fingerprint density at radius 1 is 1.36 bits per heavy atom. The monoisotopic (exact) mass is 228 g/mol. The summed E-state index contributed by atoms with van der Waals surface area (Å²) in [7, 11) is 0. The zero-order valence-corrected chi connectivity index (χ0v) is 8.44. The number of carboxylic acids is 1. The molecule has 0 bridgehead atoms. The Morgan fingerprint density at radius 3 is 2.07 bits per heavy atom. The fourth-order valence-electron chi connectivity index (χ4n) is 0.632. The van der Waals surface area contributed by atoms with Crippen molar-refractivity contribution in [2.75, 3.05) is 6.54 Å². The molecule has 0 aliphatic carbocycles. The predicted molar refractivity (Wildman–Crippen MR) is 51.9 cm³/mol. The lowest BCUT2D eigenvalue weighted by Gasteiger charge is -2.03. The highest BCUT2D eigenvalue weighted by Crippen LogP contribution is 1.96. The topological polar surface area (TPSA) is 147 Å². The third kappa shape index (κ3) is 17.5. The van der Waals surface area contributed by atoms with E-state index in [4.69, 9.17) is 29.9 Å². The van der Waals surface area contributed by atoms with Gasteiger partial charge in [-0.1, -0.05) is 6.42 Å². The lowest BCUT2D eigenvalue weighted by molar-refractivity contribution is -0.138. The van der Waals surface area contributed by atoms with Crippen LogP contribution in [0.1, 0.15) is 19.3 Å². The van der Waals surface area contributed by atoms with E-state index in [1.807, 2.05) is 0 Å². The summed E-state index contributed by atoms with van der Waals surface area (Å²) in [5.74, 6) is -0.933. The minimum Gasteiger partial charge on any atom is -0.480 e. The molecule has 0 aromatic carbocycles. The van der Waals surface area contributed by atoms with Gasteiger partial charge >= 0.3 is 5.97 Å². The van der Waals surface area contributed by atoms with Crippen molar-refractivity contribution in [1.29, 1.82) is 0 Å². The van der Waals surface area contributed by atoms with E-state index in [1.54, 1.807) is 0 Å². The first-order chi connectivity index (χ1) is 6.41. The van der Waals surface area contributed by atoms with E-state index in [9.17, 15) is 4.79 Å². The molecule has 0 radical (unpaired) electrons. The summed E-state index contributed by atoms with van der Waals surface area (Å²) in [5.41, 5.74) is 10.4. The molecule has 7 nitrogen and oxygen atoms in total. The van der Waals surface area contributed by atoms with Gasteiger partial charge in [0.15, 0.2) is 0 Å². The summed E-state index contributed by atoms with van der Waals surface area (Å²) in [5, 5.41) is 8.33. The van der Waals surface area contributed by atoms with E-state index in [-0.39, 0.29) is 0 Å². The molecular weight excluding hydrogens is 212 g/mol. The minimum absolute atomic E-state index is 0.520. The molecule has 8 heteroatoms. The zero-order chi connectivity index (χ0) is 11.6. The van der Waals surface area contributed by atoms with Gasteiger partial charge in [-0.05, 0) is 19.4 Å². The number of hydrogen-bond donors (Lipinski definition) is 5. The normalized spacial score (nSPS) is 11.8. The Hall–Kier alpha value is -0.540. The molecule has 14 heavy (non-hydrogen) atoms. The van der Waals surface area contributed by atoms with E-state index < -0.39 is 23.4 Å². The number of nitrogens with two attached hydrogens (primary N) is 2. The molecule has 0 spiro atoms. The van der Waals surface area contributed by atoms with Gasteiger partial charge in [-0.25, -0.2) is 0 Å². The maximum atomic E-state index is 10.1. The van der Waals surface area contributed by atoms with Crippen LogP contribution in [0.4, 0.5) is 0 Å². The van der Waals surface area contributed by atoms with Gasteiger partial charge in [0.05, 0.1) is 0 Å². The largest absolute Gasteiger partial charge is 0.480 e. The zero-order valence-electron chi connectivity index (χ0n) is 7.63. The highest BCUT2D eigenvalue weighted by Gasteiger charge is 2.09. The van der Waals surface area contributed by atoms with Crippen LogP contribution < -0.4 is 11.5 Å². The van der Waals surface area contributed by atoms with Gasteiger partial charge in [0.25, 0.3) is 11.4 Å². The van der Waals surface area contributed by atoms with Crippen molar-refractivity contribution >= 4 is 17.3 Å². The van der Waals surface area contributed by atoms with E-state index in [2.05, 4.69) is 0 Å². The SMILES string of the molecule is NCCCCC(N)C(=O)O.O=S(O)O. The molecule has 0 amide bonds. The highest BCUT2D eigenvalue weighted by molar-refractivity contribution is 7.73. The van der Waals surface area contributed by atoms with Crippen LogP contribution in [0.25, 0.3) is 0 Å². The van der Waals surface area contributed by atoms with Gasteiger partial charge in [0.2, 0.25) is 0 Å². The van der Waals surface area contributed by atoms with Crippen LogP contribution in [0.15, 0.2) is 0 Å². The second-order valence-corrected chi connectivity index (χ2v) is 2.92. The molecule has 0 fully saturated rings. The molecule has 0 aromatic rings. The van der Waals surface area contributed by atoms with Crippen molar-refractivity contribution in [3.05, 3.63) is 0 Å². The summed E-state index contributed by atoms with van der Waals surface area (Å²) < 4.78 is 22.8. The molecule has 0 aromatic heterocycles. The predicted octanol–water partition coefficient (Wildman–Crippen LogP) is -0.792. The second-order valence-electron chi connectivity index (χ2n) is 2.46. The van der Waals surface area contributed by atoms with Crippen molar-refractivity contribution in [1.82, 2.24) is 0 Å². The van der Waals surface area contributed by atoms with Crippen molar-refractivity contribution in [3.8, 4) is 0 Å². The Balaban J connectivity index is 0. The van der Waals surface area contributed by atoms with Gasteiger partial charge in [-0.2, -0.15) is 4.21 Å². The smallest absolute Gasteiger partial charge is 0.320 e. The lowest BCUT2D eigenvalue weighted by Crippen LogP contribution is -2.29. The second kappa shape index (κ2) is 10.5. The molecule has 86 valence electrons. The van der Waals surface area contributed by atoms with E-state index in [0.717, 1.165) is 12.8 Å². The fourth-order valence-corrected chi connectivity index (χ4v) is 0.632. The average molecular weight is 228 g/mol. The molecular formula is C6H16N2O5S. The van der Waals surface area contributed by atoms with Gasteiger partial charge in [0, 0.05) is 0 Å². The van der Waals surface area contributed by atoms with Gasteiger partial charge < -0.3 is 16.6 Å².